The van der Waals surface area contributed by atoms with Gasteiger partial charge >= 0.3 is 0 Å². The summed E-state index contributed by atoms with van der Waals surface area (Å²) in [5.74, 6) is 1.67. The summed E-state index contributed by atoms with van der Waals surface area (Å²) in [4.78, 5) is 4.08. The third-order valence-corrected chi connectivity index (χ3v) is 3.03. The van der Waals surface area contributed by atoms with Crippen LogP contribution in [0, 0.1) is 0 Å². The second-order valence-corrected chi connectivity index (χ2v) is 4.22. The zero-order valence-corrected chi connectivity index (χ0v) is 11.5. The van der Waals surface area contributed by atoms with Crippen LogP contribution in [0.3, 0.4) is 0 Å². The Hall–Kier alpha value is -2.23. The van der Waals surface area contributed by atoms with Crippen molar-refractivity contribution in [1.82, 2.24) is 10.6 Å². The highest BCUT2D eigenvalue weighted by Crippen LogP contribution is 2.21. The normalized spacial score (nSPS) is 11.4. The van der Waals surface area contributed by atoms with E-state index in [-0.39, 0.29) is 0 Å². The monoisotopic (exact) mass is 257 g/mol. The van der Waals surface area contributed by atoms with E-state index in [9.17, 15) is 0 Å². The zero-order chi connectivity index (χ0) is 13.7. The highest BCUT2D eigenvalue weighted by Gasteiger charge is 2.00. The average molecular weight is 257 g/mol. The zero-order valence-electron chi connectivity index (χ0n) is 11.5. The van der Waals surface area contributed by atoms with Gasteiger partial charge in [0.1, 0.15) is 5.75 Å². The van der Waals surface area contributed by atoms with Crippen molar-refractivity contribution in [3.8, 4) is 5.75 Å². The molecule has 0 bridgehead atoms. The Labute approximate surface area is 113 Å². The van der Waals surface area contributed by atoms with E-state index in [1.807, 2.05) is 19.2 Å². The lowest BCUT2D eigenvalue weighted by molar-refractivity contribution is 0.415. The smallest absolute Gasteiger partial charge is 0.190 e. The van der Waals surface area contributed by atoms with Crippen molar-refractivity contribution in [2.45, 2.75) is 6.54 Å². The maximum atomic E-state index is 5.22. The minimum Gasteiger partial charge on any atom is -0.497 e. The Morgan fingerprint density at radius 3 is 2.58 bits per heavy atom. The molecular formula is C15H19N3O. The van der Waals surface area contributed by atoms with Crippen LogP contribution in [0.4, 0.5) is 0 Å². The van der Waals surface area contributed by atoms with Crippen LogP contribution in [-0.4, -0.2) is 27.2 Å². The SMILES string of the molecule is CN=C(NC)NCc1ccc2cc(OC)ccc2c1. The summed E-state index contributed by atoms with van der Waals surface area (Å²) in [6, 6.07) is 12.5. The van der Waals surface area contributed by atoms with E-state index in [1.54, 1.807) is 14.2 Å². The predicted octanol–water partition coefficient (Wildman–Crippen LogP) is 2.14. The Morgan fingerprint density at radius 2 is 1.89 bits per heavy atom. The lowest BCUT2D eigenvalue weighted by Gasteiger charge is -2.09. The summed E-state index contributed by atoms with van der Waals surface area (Å²) in [6.07, 6.45) is 0. The summed E-state index contributed by atoms with van der Waals surface area (Å²) in [5.41, 5.74) is 1.22. The number of ether oxygens (including phenoxy) is 1. The Balaban J connectivity index is 2.17. The van der Waals surface area contributed by atoms with Crippen molar-refractivity contribution in [1.29, 1.82) is 0 Å². The standard InChI is InChI=1S/C15H19N3O/c1-16-15(17-2)18-10-11-4-5-13-9-14(19-3)7-6-12(13)8-11/h4-9H,10H2,1-3H3,(H2,16,17,18). The highest BCUT2D eigenvalue weighted by molar-refractivity contribution is 5.85. The molecule has 100 valence electrons. The first-order chi connectivity index (χ1) is 9.26. The van der Waals surface area contributed by atoms with E-state index in [2.05, 4.69) is 39.9 Å². The number of benzene rings is 2. The van der Waals surface area contributed by atoms with Gasteiger partial charge in [-0.05, 0) is 34.5 Å². The van der Waals surface area contributed by atoms with Crippen molar-refractivity contribution >= 4 is 16.7 Å². The van der Waals surface area contributed by atoms with Gasteiger partial charge in [0.2, 0.25) is 0 Å². The second kappa shape index (κ2) is 6.09. The molecule has 0 unspecified atom stereocenters. The van der Waals surface area contributed by atoms with Crippen LogP contribution >= 0.6 is 0 Å². The van der Waals surface area contributed by atoms with E-state index in [1.165, 1.54) is 16.3 Å². The molecule has 0 aliphatic carbocycles. The predicted molar refractivity (Wildman–Crippen MR) is 79.8 cm³/mol. The van der Waals surface area contributed by atoms with E-state index < -0.39 is 0 Å². The van der Waals surface area contributed by atoms with Gasteiger partial charge in [0, 0.05) is 20.6 Å². The molecule has 2 aromatic rings. The maximum absolute atomic E-state index is 5.22. The fourth-order valence-corrected chi connectivity index (χ4v) is 1.98. The molecule has 0 radical (unpaired) electrons. The molecule has 2 aromatic carbocycles. The molecule has 0 saturated heterocycles. The quantitative estimate of drug-likeness (QED) is 0.654. The molecule has 0 spiro atoms. The molecule has 0 atom stereocenters. The maximum Gasteiger partial charge on any atom is 0.190 e. The van der Waals surface area contributed by atoms with Gasteiger partial charge in [0.25, 0.3) is 0 Å². The fourth-order valence-electron chi connectivity index (χ4n) is 1.98. The molecule has 4 heteroatoms. The van der Waals surface area contributed by atoms with Crippen molar-refractivity contribution in [3.63, 3.8) is 0 Å². The first-order valence-corrected chi connectivity index (χ1v) is 6.22. The van der Waals surface area contributed by atoms with Gasteiger partial charge in [-0.25, -0.2) is 0 Å². The molecular weight excluding hydrogens is 238 g/mol. The van der Waals surface area contributed by atoms with Gasteiger partial charge in [-0.3, -0.25) is 4.99 Å². The van der Waals surface area contributed by atoms with Gasteiger partial charge in [0.15, 0.2) is 5.96 Å². The van der Waals surface area contributed by atoms with Crippen LogP contribution in [0.1, 0.15) is 5.56 Å². The number of guanidine groups is 1. The minimum atomic E-state index is 0.746. The molecule has 2 N–H and O–H groups in total. The van der Waals surface area contributed by atoms with Gasteiger partial charge in [-0.1, -0.05) is 18.2 Å². The molecule has 4 nitrogen and oxygen atoms in total. The first-order valence-electron chi connectivity index (χ1n) is 6.22. The Morgan fingerprint density at radius 1 is 1.16 bits per heavy atom. The largest absolute Gasteiger partial charge is 0.497 e. The van der Waals surface area contributed by atoms with Crippen LogP contribution in [-0.2, 0) is 6.54 Å². The summed E-state index contributed by atoms with van der Waals surface area (Å²) in [6.45, 7) is 0.746. The number of nitrogens with zero attached hydrogens (tertiary/aromatic N) is 1. The van der Waals surface area contributed by atoms with Gasteiger partial charge in [-0.2, -0.15) is 0 Å². The van der Waals surface area contributed by atoms with Gasteiger partial charge < -0.3 is 15.4 Å². The molecule has 0 fully saturated rings. The van der Waals surface area contributed by atoms with E-state index in [0.717, 1.165) is 18.3 Å². The second-order valence-electron chi connectivity index (χ2n) is 4.22. The molecule has 19 heavy (non-hydrogen) atoms. The first kappa shape index (κ1) is 13.2. The molecule has 0 amide bonds. The lowest BCUT2D eigenvalue weighted by Crippen LogP contribution is -2.34. The molecule has 0 saturated carbocycles. The highest BCUT2D eigenvalue weighted by atomic mass is 16.5. The summed E-state index contributed by atoms with van der Waals surface area (Å²) >= 11 is 0. The van der Waals surface area contributed by atoms with Crippen molar-refractivity contribution < 1.29 is 4.74 Å². The molecule has 2 rings (SSSR count). The minimum absolute atomic E-state index is 0.746. The number of hydrogen-bond donors (Lipinski definition) is 2. The molecule has 0 heterocycles. The Bertz CT molecular complexity index is 593. The number of hydrogen-bond acceptors (Lipinski definition) is 2. The summed E-state index contributed by atoms with van der Waals surface area (Å²) < 4.78 is 5.22. The number of nitrogens with one attached hydrogen (secondary N) is 2. The van der Waals surface area contributed by atoms with Gasteiger partial charge in [0.05, 0.1) is 7.11 Å². The van der Waals surface area contributed by atoms with Crippen molar-refractivity contribution in [3.05, 3.63) is 42.0 Å². The van der Waals surface area contributed by atoms with Crippen molar-refractivity contribution in [2.24, 2.45) is 4.99 Å². The number of aliphatic imine (C=N–C) groups is 1. The van der Waals surface area contributed by atoms with Crippen molar-refractivity contribution in [2.75, 3.05) is 21.2 Å². The van der Waals surface area contributed by atoms with E-state index in [4.69, 9.17) is 4.74 Å². The lowest BCUT2D eigenvalue weighted by atomic mass is 10.1. The van der Waals surface area contributed by atoms with E-state index >= 15 is 0 Å². The summed E-state index contributed by atoms with van der Waals surface area (Å²) in [7, 11) is 5.29. The topological polar surface area (TPSA) is 45.7 Å². The molecule has 0 aliphatic heterocycles. The third-order valence-electron chi connectivity index (χ3n) is 3.03. The fraction of sp³-hybridized carbons (Fsp3) is 0.267. The van der Waals surface area contributed by atoms with Crippen LogP contribution in [0.5, 0.6) is 5.75 Å². The number of methoxy groups -OCH3 is 1. The Kier molecular flexibility index (Phi) is 4.23. The third kappa shape index (κ3) is 3.16. The van der Waals surface area contributed by atoms with E-state index in [0.29, 0.717) is 0 Å². The van der Waals surface area contributed by atoms with Crippen LogP contribution in [0.2, 0.25) is 0 Å². The number of rotatable bonds is 3. The van der Waals surface area contributed by atoms with Gasteiger partial charge in [-0.15, -0.1) is 0 Å². The van der Waals surface area contributed by atoms with Crippen LogP contribution < -0.4 is 15.4 Å². The number of fused-ring (bicyclic) bond motifs is 1. The van der Waals surface area contributed by atoms with Crippen LogP contribution in [0.15, 0.2) is 41.4 Å². The molecule has 0 aromatic heterocycles. The summed E-state index contributed by atoms with van der Waals surface area (Å²) in [5, 5.41) is 8.62. The average Bonchev–Trinajstić information content (AvgIpc) is 2.47. The molecule has 0 aliphatic rings. The van der Waals surface area contributed by atoms with Crippen LogP contribution in [0.25, 0.3) is 10.8 Å².